The fraction of sp³-hybridized carbons (Fsp3) is 0.636. The molecule has 0 spiro atoms. The number of hydrogen-bond acceptors (Lipinski definition) is 4. The summed E-state index contributed by atoms with van der Waals surface area (Å²) in [5.41, 5.74) is -0.340. The van der Waals surface area contributed by atoms with Crippen molar-refractivity contribution >= 4 is 16.0 Å². The smallest absolute Gasteiger partial charge is 0.340 e. The Kier molecular flexibility index (Phi) is 3.91. The summed E-state index contributed by atoms with van der Waals surface area (Å²) < 4.78 is 26.5. The van der Waals surface area contributed by atoms with E-state index >= 15 is 0 Å². The van der Waals surface area contributed by atoms with Gasteiger partial charge in [0.25, 0.3) is 10.0 Å². The fourth-order valence-corrected chi connectivity index (χ4v) is 3.64. The highest BCUT2D eigenvalue weighted by atomic mass is 32.2. The minimum absolute atomic E-state index is 0.320. The molecule has 2 rings (SSSR count). The van der Waals surface area contributed by atoms with Crippen LogP contribution in [0.4, 0.5) is 0 Å². The van der Waals surface area contributed by atoms with Crippen molar-refractivity contribution in [1.82, 2.24) is 14.9 Å². The van der Waals surface area contributed by atoms with Crippen LogP contribution in [-0.2, 0) is 10.0 Å². The Hall–Kier alpha value is -1.41. The first-order chi connectivity index (χ1) is 8.90. The highest BCUT2D eigenvalue weighted by Crippen LogP contribution is 2.29. The van der Waals surface area contributed by atoms with Crippen molar-refractivity contribution in [2.75, 3.05) is 6.54 Å². The molecule has 1 aromatic heterocycles. The lowest BCUT2D eigenvalue weighted by atomic mass is 10.1. The Balaban J connectivity index is 2.06. The molecular weight excluding hydrogens is 270 g/mol. The highest BCUT2D eigenvalue weighted by Gasteiger charge is 2.27. The van der Waals surface area contributed by atoms with E-state index in [1.54, 1.807) is 0 Å². The molecule has 2 atom stereocenters. The standard InChI is InChI=1S/C11H17N3O4S/c1-7-2-3-8(4-7)5-13-19(17,18)10-9(11(15)16)6-12-14-10/h6-8,13H,2-5H2,1H3,(H,12,14)(H,15,16). The number of aromatic amines is 1. The van der Waals surface area contributed by atoms with E-state index in [0.29, 0.717) is 18.4 Å². The third-order valence-electron chi connectivity index (χ3n) is 3.47. The molecule has 0 aromatic carbocycles. The number of hydrogen-bond donors (Lipinski definition) is 3. The van der Waals surface area contributed by atoms with Crippen LogP contribution < -0.4 is 4.72 Å². The normalized spacial score (nSPS) is 23.6. The monoisotopic (exact) mass is 287 g/mol. The zero-order chi connectivity index (χ0) is 14.0. The van der Waals surface area contributed by atoms with Crippen LogP contribution in [0.1, 0.15) is 36.5 Å². The molecule has 1 aliphatic carbocycles. The Morgan fingerprint density at radius 3 is 2.89 bits per heavy atom. The van der Waals surface area contributed by atoms with Gasteiger partial charge in [-0.1, -0.05) is 13.3 Å². The predicted octanol–water partition coefficient (Wildman–Crippen LogP) is 0.822. The zero-order valence-corrected chi connectivity index (χ0v) is 11.4. The summed E-state index contributed by atoms with van der Waals surface area (Å²) >= 11 is 0. The first-order valence-electron chi connectivity index (χ1n) is 6.16. The SMILES string of the molecule is CC1CCC(CNS(=O)(=O)c2[nH]ncc2C(=O)O)C1. The maximum absolute atomic E-state index is 12.0. The molecule has 8 heteroatoms. The molecule has 106 valence electrons. The van der Waals surface area contributed by atoms with Gasteiger partial charge in [0.15, 0.2) is 5.03 Å². The van der Waals surface area contributed by atoms with Crippen LogP contribution in [0.3, 0.4) is 0 Å². The van der Waals surface area contributed by atoms with Crippen LogP contribution >= 0.6 is 0 Å². The second-order valence-electron chi connectivity index (χ2n) is 5.05. The second-order valence-corrected chi connectivity index (χ2v) is 6.76. The highest BCUT2D eigenvalue weighted by molar-refractivity contribution is 7.89. The van der Waals surface area contributed by atoms with E-state index < -0.39 is 16.0 Å². The molecule has 1 fully saturated rings. The molecule has 3 N–H and O–H groups in total. The van der Waals surface area contributed by atoms with Crippen molar-refractivity contribution in [2.24, 2.45) is 11.8 Å². The van der Waals surface area contributed by atoms with Gasteiger partial charge in [-0.05, 0) is 24.7 Å². The quantitative estimate of drug-likeness (QED) is 0.742. The zero-order valence-electron chi connectivity index (χ0n) is 10.6. The van der Waals surface area contributed by atoms with Crippen molar-refractivity contribution in [1.29, 1.82) is 0 Å². The first kappa shape index (κ1) is 14.0. The van der Waals surface area contributed by atoms with Gasteiger partial charge in [0.1, 0.15) is 5.56 Å². The molecule has 1 aliphatic rings. The van der Waals surface area contributed by atoms with Gasteiger partial charge in [-0.3, -0.25) is 5.10 Å². The average molecular weight is 287 g/mol. The molecule has 0 bridgehead atoms. The van der Waals surface area contributed by atoms with Crippen molar-refractivity contribution in [3.8, 4) is 0 Å². The Morgan fingerprint density at radius 2 is 2.32 bits per heavy atom. The molecule has 0 aliphatic heterocycles. The maximum atomic E-state index is 12.0. The number of nitrogens with one attached hydrogen (secondary N) is 2. The lowest BCUT2D eigenvalue weighted by Crippen LogP contribution is -2.30. The van der Waals surface area contributed by atoms with Gasteiger partial charge in [-0.15, -0.1) is 0 Å². The maximum Gasteiger partial charge on any atom is 0.340 e. The number of aromatic nitrogens is 2. The van der Waals surface area contributed by atoms with Crippen molar-refractivity contribution in [2.45, 2.75) is 31.2 Å². The summed E-state index contributed by atoms with van der Waals surface area (Å²) in [7, 11) is -3.85. The molecule has 1 aromatic rings. The van der Waals surface area contributed by atoms with Gasteiger partial charge in [0.2, 0.25) is 0 Å². The first-order valence-corrected chi connectivity index (χ1v) is 7.65. The third kappa shape index (κ3) is 3.13. The van der Waals surface area contributed by atoms with Gasteiger partial charge in [0.05, 0.1) is 6.20 Å². The molecule has 1 heterocycles. The van der Waals surface area contributed by atoms with Gasteiger partial charge in [-0.25, -0.2) is 17.9 Å². The number of sulfonamides is 1. The van der Waals surface area contributed by atoms with Crippen LogP contribution in [0.2, 0.25) is 0 Å². The fourth-order valence-electron chi connectivity index (χ4n) is 2.44. The molecule has 1 saturated carbocycles. The minimum atomic E-state index is -3.85. The van der Waals surface area contributed by atoms with E-state index in [2.05, 4.69) is 21.8 Å². The van der Waals surface area contributed by atoms with Crippen LogP contribution in [0, 0.1) is 11.8 Å². The molecule has 0 radical (unpaired) electrons. The van der Waals surface area contributed by atoms with E-state index in [-0.39, 0.29) is 10.6 Å². The van der Waals surface area contributed by atoms with Gasteiger partial charge >= 0.3 is 5.97 Å². The lowest BCUT2D eigenvalue weighted by molar-refractivity contribution is 0.0692. The number of nitrogens with zero attached hydrogens (tertiary/aromatic N) is 1. The summed E-state index contributed by atoms with van der Waals surface area (Å²) in [6, 6.07) is 0. The summed E-state index contributed by atoms with van der Waals surface area (Å²) in [6.45, 7) is 2.48. The lowest BCUT2D eigenvalue weighted by Gasteiger charge is -2.11. The van der Waals surface area contributed by atoms with E-state index in [9.17, 15) is 13.2 Å². The molecular formula is C11H17N3O4S. The van der Waals surface area contributed by atoms with Crippen molar-refractivity contribution in [3.05, 3.63) is 11.8 Å². The molecule has 19 heavy (non-hydrogen) atoms. The molecule has 7 nitrogen and oxygen atoms in total. The van der Waals surface area contributed by atoms with E-state index in [4.69, 9.17) is 5.11 Å². The Bertz CT molecular complexity index is 566. The van der Waals surface area contributed by atoms with Crippen LogP contribution in [0.5, 0.6) is 0 Å². The Morgan fingerprint density at radius 1 is 1.58 bits per heavy atom. The number of carbonyl (C=O) groups is 1. The van der Waals surface area contributed by atoms with Gasteiger partial charge in [0, 0.05) is 6.54 Å². The predicted molar refractivity (Wildman–Crippen MR) is 67.2 cm³/mol. The van der Waals surface area contributed by atoms with Crippen molar-refractivity contribution in [3.63, 3.8) is 0 Å². The summed E-state index contributed by atoms with van der Waals surface area (Å²) in [6.07, 6.45) is 4.10. The largest absolute Gasteiger partial charge is 0.478 e. The topological polar surface area (TPSA) is 112 Å². The second kappa shape index (κ2) is 5.30. The van der Waals surface area contributed by atoms with Crippen molar-refractivity contribution < 1.29 is 18.3 Å². The average Bonchev–Trinajstić information content (AvgIpc) is 2.94. The molecule has 2 unspecified atom stereocenters. The molecule has 0 saturated heterocycles. The number of rotatable bonds is 5. The van der Waals surface area contributed by atoms with Crippen LogP contribution in [-0.4, -0.2) is 36.2 Å². The Labute approximate surface area is 111 Å². The number of carboxylic acids is 1. The summed E-state index contributed by atoms with van der Waals surface area (Å²) in [5.74, 6) is -0.374. The molecule has 0 amide bonds. The minimum Gasteiger partial charge on any atom is -0.478 e. The van der Waals surface area contributed by atoms with Gasteiger partial charge in [-0.2, -0.15) is 5.10 Å². The number of aromatic carboxylic acids is 1. The van der Waals surface area contributed by atoms with E-state index in [0.717, 1.165) is 25.5 Å². The summed E-state index contributed by atoms with van der Waals surface area (Å²) in [5, 5.41) is 14.2. The number of H-pyrrole nitrogens is 1. The van der Waals surface area contributed by atoms with E-state index in [1.165, 1.54) is 0 Å². The van der Waals surface area contributed by atoms with Crippen LogP contribution in [0.15, 0.2) is 11.2 Å². The third-order valence-corrected chi connectivity index (χ3v) is 4.86. The van der Waals surface area contributed by atoms with Gasteiger partial charge < -0.3 is 5.11 Å². The van der Waals surface area contributed by atoms with Crippen LogP contribution in [0.25, 0.3) is 0 Å². The number of carboxylic acid groups (broad SMARTS) is 1. The summed E-state index contributed by atoms with van der Waals surface area (Å²) in [4.78, 5) is 10.9. The van der Waals surface area contributed by atoms with E-state index in [1.807, 2.05) is 0 Å².